The second-order valence-electron chi connectivity index (χ2n) is 3.20. The van der Waals surface area contributed by atoms with Gasteiger partial charge in [-0.15, -0.1) is 0 Å². The zero-order valence-corrected chi connectivity index (χ0v) is 10.3. The molecule has 0 spiro atoms. The molecule has 0 saturated carbocycles. The van der Waals surface area contributed by atoms with Crippen LogP contribution in [0.2, 0.25) is 0 Å². The lowest BCUT2D eigenvalue weighted by Crippen LogP contribution is -2.06. The Balaban J connectivity index is 2.12. The largest absolute Gasteiger partial charge is 0.495 e. The Morgan fingerprint density at radius 1 is 1.44 bits per heavy atom. The van der Waals surface area contributed by atoms with Gasteiger partial charge in [-0.3, -0.25) is 0 Å². The Labute approximate surface area is 100 Å². The van der Waals surface area contributed by atoms with E-state index in [2.05, 4.69) is 10.3 Å². The number of pyridine rings is 1. The predicted molar refractivity (Wildman–Crippen MR) is 68.3 cm³/mol. The lowest BCUT2D eigenvalue weighted by Gasteiger charge is -2.05. The first-order chi connectivity index (χ1) is 7.86. The van der Waals surface area contributed by atoms with Crippen molar-refractivity contribution in [3.8, 4) is 5.75 Å². The molecule has 5 heteroatoms. The van der Waals surface area contributed by atoms with E-state index in [0.717, 1.165) is 36.0 Å². The third kappa shape index (κ3) is 5.23. The molecule has 2 N–H and O–H groups in total. The number of rotatable bonds is 8. The molecule has 1 aromatic rings. The molecule has 0 radical (unpaired) electrons. The van der Waals surface area contributed by atoms with Crippen molar-refractivity contribution in [2.45, 2.75) is 6.42 Å². The van der Waals surface area contributed by atoms with Gasteiger partial charge in [0.25, 0.3) is 0 Å². The van der Waals surface area contributed by atoms with E-state index in [4.69, 9.17) is 9.84 Å². The number of aromatic nitrogens is 1. The van der Waals surface area contributed by atoms with Crippen molar-refractivity contribution in [3.63, 3.8) is 0 Å². The fourth-order valence-corrected chi connectivity index (χ4v) is 1.91. The van der Waals surface area contributed by atoms with Gasteiger partial charge in [0.2, 0.25) is 0 Å². The lowest BCUT2D eigenvalue weighted by molar-refractivity contribution is 0.296. The van der Waals surface area contributed by atoms with Crippen molar-refractivity contribution < 1.29 is 9.84 Å². The van der Waals surface area contributed by atoms with E-state index in [0.29, 0.717) is 0 Å². The second-order valence-corrected chi connectivity index (χ2v) is 4.42. The van der Waals surface area contributed by atoms with Crippen molar-refractivity contribution in [3.05, 3.63) is 18.3 Å². The summed E-state index contributed by atoms with van der Waals surface area (Å²) in [6.07, 6.45) is 2.56. The van der Waals surface area contributed by atoms with Crippen LogP contribution in [0.5, 0.6) is 5.75 Å². The minimum atomic E-state index is 0.278. The van der Waals surface area contributed by atoms with Crippen molar-refractivity contribution in [2.75, 3.05) is 37.1 Å². The molecule has 0 amide bonds. The molecule has 1 aromatic heterocycles. The number of anilines is 1. The van der Waals surface area contributed by atoms with Crippen LogP contribution in [-0.4, -0.2) is 41.9 Å². The summed E-state index contributed by atoms with van der Waals surface area (Å²) in [5.41, 5.74) is 0. The van der Waals surface area contributed by atoms with Gasteiger partial charge in [-0.1, -0.05) is 0 Å². The minimum absolute atomic E-state index is 0.278. The highest BCUT2D eigenvalue weighted by Gasteiger charge is 1.95. The number of hydrogen-bond acceptors (Lipinski definition) is 5. The summed E-state index contributed by atoms with van der Waals surface area (Å²) >= 11 is 1.83. The van der Waals surface area contributed by atoms with Crippen LogP contribution in [0.15, 0.2) is 18.3 Å². The predicted octanol–water partition coefficient (Wildman–Crippen LogP) is 1.62. The van der Waals surface area contributed by atoms with E-state index in [1.54, 1.807) is 13.3 Å². The van der Waals surface area contributed by atoms with Crippen LogP contribution in [0.25, 0.3) is 0 Å². The number of nitrogens with one attached hydrogen (secondary N) is 1. The summed E-state index contributed by atoms with van der Waals surface area (Å²) in [6.45, 7) is 1.16. The van der Waals surface area contributed by atoms with Crippen LogP contribution in [-0.2, 0) is 0 Å². The number of hydrogen-bond donors (Lipinski definition) is 2. The van der Waals surface area contributed by atoms with E-state index in [9.17, 15) is 0 Å². The lowest BCUT2D eigenvalue weighted by atomic mass is 10.4. The normalized spacial score (nSPS) is 10.1. The minimum Gasteiger partial charge on any atom is -0.495 e. The fraction of sp³-hybridized carbons (Fsp3) is 0.545. The highest BCUT2D eigenvalue weighted by molar-refractivity contribution is 7.99. The van der Waals surface area contributed by atoms with Crippen LogP contribution in [0.4, 0.5) is 5.82 Å². The van der Waals surface area contributed by atoms with E-state index >= 15 is 0 Å². The molecule has 1 heterocycles. The summed E-state index contributed by atoms with van der Waals surface area (Å²) in [4.78, 5) is 4.20. The molecule has 0 fully saturated rings. The number of methoxy groups -OCH3 is 1. The summed E-state index contributed by atoms with van der Waals surface area (Å²) in [7, 11) is 1.63. The molecule has 0 aliphatic rings. The van der Waals surface area contributed by atoms with Crippen LogP contribution >= 0.6 is 11.8 Å². The first kappa shape index (κ1) is 13.1. The highest BCUT2D eigenvalue weighted by atomic mass is 32.2. The van der Waals surface area contributed by atoms with Crippen molar-refractivity contribution in [1.82, 2.24) is 4.98 Å². The molecule has 1 rings (SSSR count). The first-order valence-corrected chi connectivity index (χ1v) is 6.45. The molecule has 0 bridgehead atoms. The van der Waals surface area contributed by atoms with Gasteiger partial charge in [-0.25, -0.2) is 4.98 Å². The van der Waals surface area contributed by atoms with Gasteiger partial charge in [-0.2, -0.15) is 11.8 Å². The molecular weight excluding hydrogens is 224 g/mol. The maximum Gasteiger partial charge on any atom is 0.137 e. The standard InChI is InChI=1S/C11H18N2O2S/c1-15-10-3-4-11(13-9-10)12-5-8-16-7-2-6-14/h3-4,9,14H,2,5-8H2,1H3,(H,12,13). The first-order valence-electron chi connectivity index (χ1n) is 5.29. The van der Waals surface area contributed by atoms with Crippen molar-refractivity contribution in [1.29, 1.82) is 0 Å². The maximum atomic E-state index is 8.60. The SMILES string of the molecule is COc1ccc(NCCSCCCO)nc1. The van der Waals surface area contributed by atoms with Crippen LogP contribution in [0.3, 0.4) is 0 Å². The van der Waals surface area contributed by atoms with Crippen molar-refractivity contribution >= 4 is 17.6 Å². The van der Waals surface area contributed by atoms with Crippen LogP contribution in [0.1, 0.15) is 6.42 Å². The average Bonchev–Trinajstić information content (AvgIpc) is 2.34. The molecule has 0 unspecified atom stereocenters. The molecule has 0 atom stereocenters. The smallest absolute Gasteiger partial charge is 0.137 e. The maximum absolute atomic E-state index is 8.60. The van der Waals surface area contributed by atoms with Gasteiger partial charge in [0.1, 0.15) is 11.6 Å². The van der Waals surface area contributed by atoms with Crippen molar-refractivity contribution in [2.24, 2.45) is 0 Å². The van der Waals surface area contributed by atoms with Crippen LogP contribution < -0.4 is 10.1 Å². The average molecular weight is 242 g/mol. The van der Waals surface area contributed by atoms with Gasteiger partial charge in [-0.05, 0) is 24.3 Å². The van der Waals surface area contributed by atoms with E-state index in [1.807, 2.05) is 23.9 Å². The van der Waals surface area contributed by atoms with E-state index in [-0.39, 0.29) is 6.61 Å². The molecule has 0 saturated heterocycles. The summed E-state index contributed by atoms with van der Waals surface area (Å²) in [5.74, 6) is 3.66. The monoisotopic (exact) mass is 242 g/mol. The van der Waals surface area contributed by atoms with E-state index < -0.39 is 0 Å². The van der Waals surface area contributed by atoms with Gasteiger partial charge in [0.15, 0.2) is 0 Å². The third-order valence-electron chi connectivity index (χ3n) is 1.97. The molecule has 90 valence electrons. The number of aliphatic hydroxyl groups is 1. The molecule has 16 heavy (non-hydrogen) atoms. The van der Waals surface area contributed by atoms with E-state index in [1.165, 1.54) is 0 Å². The van der Waals surface area contributed by atoms with Gasteiger partial charge >= 0.3 is 0 Å². The zero-order chi connectivity index (χ0) is 11.6. The summed E-state index contributed by atoms with van der Waals surface area (Å²) in [5, 5.41) is 11.8. The summed E-state index contributed by atoms with van der Waals surface area (Å²) in [6, 6.07) is 3.78. The zero-order valence-electron chi connectivity index (χ0n) is 9.48. The Kier molecular flexibility index (Phi) is 6.76. The summed E-state index contributed by atoms with van der Waals surface area (Å²) < 4.78 is 5.02. The Morgan fingerprint density at radius 2 is 2.31 bits per heavy atom. The third-order valence-corrected chi connectivity index (χ3v) is 3.04. The molecular formula is C11H18N2O2S. The Hall–Kier alpha value is -0.940. The van der Waals surface area contributed by atoms with Gasteiger partial charge in [0.05, 0.1) is 13.3 Å². The number of ether oxygens (including phenoxy) is 1. The van der Waals surface area contributed by atoms with Crippen LogP contribution in [0, 0.1) is 0 Å². The molecule has 0 aliphatic carbocycles. The highest BCUT2D eigenvalue weighted by Crippen LogP contribution is 2.11. The Bertz CT molecular complexity index is 280. The molecule has 0 aliphatic heterocycles. The number of nitrogens with zero attached hydrogens (tertiary/aromatic N) is 1. The quantitative estimate of drug-likeness (QED) is 0.678. The Morgan fingerprint density at radius 3 is 2.94 bits per heavy atom. The molecule has 4 nitrogen and oxygen atoms in total. The molecule has 0 aromatic carbocycles. The van der Waals surface area contributed by atoms with Gasteiger partial charge in [0, 0.05) is 18.9 Å². The second kappa shape index (κ2) is 8.24. The topological polar surface area (TPSA) is 54.4 Å². The number of thioether (sulfide) groups is 1. The number of aliphatic hydroxyl groups excluding tert-OH is 1. The van der Waals surface area contributed by atoms with Gasteiger partial charge < -0.3 is 15.2 Å². The fourth-order valence-electron chi connectivity index (χ4n) is 1.13.